The lowest BCUT2D eigenvalue weighted by molar-refractivity contribution is -0.0901. The first-order chi connectivity index (χ1) is 13.5. The number of hydrogen-bond acceptors (Lipinski definition) is 3. The third kappa shape index (κ3) is 4.07. The van der Waals surface area contributed by atoms with Crippen molar-refractivity contribution in [1.29, 1.82) is 0 Å². The second-order valence-electron chi connectivity index (χ2n) is 6.41. The molecule has 0 bridgehead atoms. The average Bonchev–Trinajstić information content (AvgIpc) is 3.16. The van der Waals surface area contributed by atoms with Crippen LogP contribution in [0, 0.1) is 0 Å². The van der Waals surface area contributed by atoms with Gasteiger partial charge in [-0.05, 0) is 23.1 Å². The first-order valence-electron chi connectivity index (χ1n) is 8.80. The number of halogens is 3. The molecule has 0 radical (unpaired) electrons. The maximum absolute atomic E-state index is 13.7. The van der Waals surface area contributed by atoms with Gasteiger partial charge in [0.2, 0.25) is 0 Å². The minimum atomic E-state index is -4.51. The number of fused-ring (bicyclic) bond motifs is 1. The molecule has 0 fully saturated rings. The van der Waals surface area contributed by atoms with Gasteiger partial charge in [-0.15, -0.1) is 11.8 Å². The number of anilines is 1. The van der Waals surface area contributed by atoms with E-state index in [4.69, 9.17) is 0 Å². The summed E-state index contributed by atoms with van der Waals surface area (Å²) < 4.78 is 41.1. The summed E-state index contributed by atoms with van der Waals surface area (Å²) in [4.78, 5) is 4.48. The van der Waals surface area contributed by atoms with E-state index in [1.165, 1.54) is 11.8 Å². The molecule has 0 saturated carbocycles. The number of aliphatic imine (C=N–C) groups is 1. The van der Waals surface area contributed by atoms with Gasteiger partial charge >= 0.3 is 6.18 Å². The van der Waals surface area contributed by atoms with Crippen molar-refractivity contribution in [2.45, 2.75) is 12.2 Å². The van der Waals surface area contributed by atoms with Crippen LogP contribution in [-0.4, -0.2) is 17.0 Å². The molecule has 1 aliphatic rings. The maximum atomic E-state index is 13.7. The van der Waals surface area contributed by atoms with E-state index >= 15 is 0 Å². The Labute approximate surface area is 165 Å². The van der Waals surface area contributed by atoms with Gasteiger partial charge in [-0.2, -0.15) is 13.2 Å². The number of allylic oxidation sites excluding steroid dienone is 1. The molecule has 1 atom stereocenters. The fourth-order valence-corrected chi connectivity index (χ4v) is 4.11. The summed E-state index contributed by atoms with van der Waals surface area (Å²) in [5.41, 5.74) is 0.614. The monoisotopic (exact) mass is 398 g/mol. The summed E-state index contributed by atoms with van der Waals surface area (Å²) in [6.07, 6.45) is -3.40. The van der Waals surface area contributed by atoms with Crippen molar-refractivity contribution in [1.82, 2.24) is 0 Å². The van der Waals surface area contributed by atoms with E-state index in [2.05, 4.69) is 10.3 Å². The second kappa shape index (κ2) is 7.72. The van der Waals surface area contributed by atoms with Crippen LogP contribution in [0.25, 0.3) is 10.8 Å². The number of rotatable bonds is 4. The molecule has 0 aromatic heterocycles. The van der Waals surface area contributed by atoms with Gasteiger partial charge in [0.15, 0.2) is 0 Å². The van der Waals surface area contributed by atoms with E-state index < -0.39 is 11.9 Å². The first-order valence-corrected chi connectivity index (χ1v) is 9.78. The molecule has 1 aliphatic heterocycles. The first kappa shape index (κ1) is 18.6. The second-order valence-corrected chi connectivity index (χ2v) is 7.45. The molecule has 2 nitrogen and oxygen atoms in total. The molecular formula is C22H17F3N2S. The zero-order valence-corrected chi connectivity index (χ0v) is 15.6. The van der Waals surface area contributed by atoms with Gasteiger partial charge in [0.25, 0.3) is 0 Å². The van der Waals surface area contributed by atoms with Crippen LogP contribution in [0.5, 0.6) is 0 Å². The number of nitrogens with zero attached hydrogens (tertiary/aromatic N) is 1. The van der Waals surface area contributed by atoms with Crippen molar-refractivity contribution in [2.75, 3.05) is 11.1 Å². The van der Waals surface area contributed by atoms with Crippen molar-refractivity contribution < 1.29 is 13.2 Å². The highest BCUT2D eigenvalue weighted by Crippen LogP contribution is 2.35. The summed E-state index contributed by atoms with van der Waals surface area (Å²) >= 11 is 1.34. The lowest BCUT2D eigenvalue weighted by Gasteiger charge is -2.16. The van der Waals surface area contributed by atoms with E-state index in [9.17, 15) is 13.2 Å². The Morgan fingerprint density at radius 3 is 2.46 bits per heavy atom. The van der Waals surface area contributed by atoms with Gasteiger partial charge < -0.3 is 5.32 Å². The largest absolute Gasteiger partial charge is 0.431 e. The van der Waals surface area contributed by atoms with Gasteiger partial charge in [-0.25, -0.2) is 0 Å². The zero-order valence-electron chi connectivity index (χ0n) is 14.8. The fraction of sp³-hybridized carbons (Fsp3) is 0.136. The molecule has 1 unspecified atom stereocenters. The van der Waals surface area contributed by atoms with Gasteiger partial charge in [0.1, 0.15) is 5.70 Å². The maximum Gasteiger partial charge on any atom is 0.431 e. The number of alkyl halides is 3. The average molecular weight is 398 g/mol. The Morgan fingerprint density at radius 2 is 1.68 bits per heavy atom. The zero-order chi connectivity index (χ0) is 19.6. The van der Waals surface area contributed by atoms with E-state index in [0.29, 0.717) is 16.5 Å². The third-order valence-electron chi connectivity index (χ3n) is 4.49. The molecule has 6 heteroatoms. The standard InChI is InChI=1S/C22H17F3N2S/c23-22(24,25)20(26-18-12-6-10-15-7-4-5-11-17(15)18)13-21-27-19(14-28-21)16-8-2-1-3-9-16/h1-13,19,26H,14H2. The highest BCUT2D eigenvalue weighted by molar-refractivity contribution is 8.14. The molecule has 4 rings (SSSR count). The fourth-order valence-electron chi connectivity index (χ4n) is 3.11. The molecule has 1 N–H and O–H groups in total. The Morgan fingerprint density at radius 1 is 0.964 bits per heavy atom. The summed E-state index contributed by atoms with van der Waals surface area (Å²) in [7, 11) is 0. The number of hydrogen-bond donors (Lipinski definition) is 1. The van der Waals surface area contributed by atoms with Gasteiger partial charge in [-0.1, -0.05) is 66.7 Å². The van der Waals surface area contributed by atoms with Gasteiger partial charge in [0.05, 0.1) is 11.1 Å². The predicted molar refractivity (Wildman–Crippen MR) is 111 cm³/mol. The molecular weight excluding hydrogens is 381 g/mol. The molecule has 142 valence electrons. The highest BCUT2D eigenvalue weighted by Gasteiger charge is 2.35. The van der Waals surface area contributed by atoms with Crippen LogP contribution in [0.1, 0.15) is 11.6 Å². The van der Waals surface area contributed by atoms with Crippen LogP contribution in [-0.2, 0) is 0 Å². The Hall–Kier alpha value is -2.73. The van der Waals surface area contributed by atoms with Crippen LogP contribution in [0.2, 0.25) is 0 Å². The van der Waals surface area contributed by atoms with E-state index in [1.807, 2.05) is 54.6 Å². The van der Waals surface area contributed by atoms with Crippen LogP contribution in [0.15, 0.2) is 89.6 Å². The van der Waals surface area contributed by atoms with E-state index in [-0.39, 0.29) is 6.04 Å². The quantitative estimate of drug-likeness (QED) is 0.536. The summed E-state index contributed by atoms with van der Waals surface area (Å²) in [5, 5.41) is 4.59. The number of thioether (sulfide) groups is 1. The molecule has 3 aromatic rings. The van der Waals surface area contributed by atoms with Crippen molar-refractivity contribution in [3.8, 4) is 0 Å². The van der Waals surface area contributed by atoms with Crippen LogP contribution >= 0.6 is 11.8 Å². The molecule has 1 heterocycles. The van der Waals surface area contributed by atoms with Gasteiger partial charge in [-0.3, -0.25) is 4.99 Å². The SMILES string of the molecule is FC(F)(F)C(=CC1=NC(c2ccccc2)CS1)Nc1cccc2ccccc12. The molecule has 0 amide bonds. The van der Waals surface area contributed by atoms with Crippen molar-refractivity contribution >= 4 is 33.3 Å². The Bertz CT molecular complexity index is 1040. The van der Waals surface area contributed by atoms with E-state index in [0.717, 1.165) is 22.4 Å². The Kier molecular flexibility index (Phi) is 5.13. The number of nitrogens with one attached hydrogen (secondary N) is 1. The van der Waals surface area contributed by atoms with Crippen LogP contribution in [0.4, 0.5) is 18.9 Å². The topological polar surface area (TPSA) is 24.4 Å². The summed E-state index contributed by atoms with van der Waals surface area (Å²) in [5.74, 6) is 0.634. The van der Waals surface area contributed by atoms with E-state index in [1.54, 1.807) is 18.2 Å². The van der Waals surface area contributed by atoms with Gasteiger partial charge in [0, 0.05) is 16.8 Å². The normalized spacial score (nSPS) is 17.6. The third-order valence-corrected chi connectivity index (χ3v) is 5.49. The van der Waals surface area contributed by atoms with Crippen molar-refractivity contribution in [2.24, 2.45) is 4.99 Å². The van der Waals surface area contributed by atoms with Crippen LogP contribution in [0.3, 0.4) is 0 Å². The molecule has 0 saturated heterocycles. The molecule has 3 aromatic carbocycles. The smallest absolute Gasteiger partial charge is 0.351 e. The lowest BCUT2D eigenvalue weighted by atomic mass is 10.1. The molecule has 0 spiro atoms. The predicted octanol–water partition coefficient (Wildman–Crippen LogP) is 6.58. The molecule has 28 heavy (non-hydrogen) atoms. The Balaban J connectivity index is 1.65. The minimum Gasteiger partial charge on any atom is -0.351 e. The number of benzene rings is 3. The summed E-state index contributed by atoms with van der Waals surface area (Å²) in [6.45, 7) is 0. The van der Waals surface area contributed by atoms with Crippen molar-refractivity contribution in [3.63, 3.8) is 0 Å². The lowest BCUT2D eigenvalue weighted by Crippen LogP contribution is -2.20. The van der Waals surface area contributed by atoms with Crippen LogP contribution < -0.4 is 5.32 Å². The summed E-state index contributed by atoms with van der Waals surface area (Å²) in [6, 6.07) is 22.1. The minimum absolute atomic E-state index is 0.121. The molecule has 0 aliphatic carbocycles. The van der Waals surface area contributed by atoms with Crippen molar-refractivity contribution in [3.05, 3.63) is 90.1 Å². The highest BCUT2D eigenvalue weighted by atomic mass is 32.2.